The number of methoxy groups -OCH3 is 1. The Labute approximate surface area is 259 Å². The maximum atomic E-state index is 13.9. The second kappa shape index (κ2) is 11.2. The highest BCUT2D eigenvalue weighted by Gasteiger charge is 2.49. The van der Waals surface area contributed by atoms with Gasteiger partial charge >= 0.3 is 0 Å². The van der Waals surface area contributed by atoms with Crippen molar-refractivity contribution in [2.24, 2.45) is 10.8 Å². The quantitative estimate of drug-likeness (QED) is 0.354. The molecule has 2 aromatic carbocycles. The molecule has 222 valence electrons. The van der Waals surface area contributed by atoms with Crippen molar-refractivity contribution < 1.29 is 29.0 Å². The first kappa shape index (κ1) is 30.4. The van der Waals surface area contributed by atoms with Crippen LogP contribution in [0.3, 0.4) is 0 Å². The maximum absolute atomic E-state index is 13.9. The number of hydrogen-bond acceptors (Lipinski definition) is 7. The highest BCUT2D eigenvalue weighted by Crippen LogP contribution is 2.55. The molecule has 0 spiro atoms. The third kappa shape index (κ3) is 5.88. The second-order valence-electron chi connectivity index (χ2n) is 12.9. The minimum atomic E-state index is -1.26. The lowest BCUT2D eigenvalue weighted by atomic mass is 9.63. The van der Waals surface area contributed by atoms with Crippen LogP contribution in [0.2, 0.25) is 5.02 Å². The summed E-state index contributed by atoms with van der Waals surface area (Å²) in [7, 11) is 1.54. The summed E-state index contributed by atoms with van der Waals surface area (Å²) >= 11 is 9.67. The van der Waals surface area contributed by atoms with Crippen molar-refractivity contribution in [2.45, 2.75) is 65.9 Å². The van der Waals surface area contributed by atoms with Gasteiger partial charge in [0.15, 0.2) is 23.1 Å². The van der Waals surface area contributed by atoms with E-state index in [1.54, 1.807) is 24.1 Å². The molecule has 3 aliphatic rings. The van der Waals surface area contributed by atoms with Crippen LogP contribution >= 0.6 is 27.5 Å². The Bertz CT molecular complexity index is 1480. The van der Waals surface area contributed by atoms with Gasteiger partial charge in [-0.3, -0.25) is 9.59 Å². The van der Waals surface area contributed by atoms with E-state index >= 15 is 0 Å². The van der Waals surface area contributed by atoms with Gasteiger partial charge in [-0.2, -0.15) is 0 Å². The van der Waals surface area contributed by atoms with Crippen molar-refractivity contribution >= 4 is 45.1 Å². The zero-order valence-corrected chi connectivity index (χ0v) is 26.8. The summed E-state index contributed by atoms with van der Waals surface area (Å²) in [5, 5.41) is 12.6. The van der Waals surface area contributed by atoms with E-state index in [1.807, 2.05) is 52.0 Å². The molecule has 0 amide bonds. The number of nitrogens with zero attached hydrogens (tertiary/aromatic N) is 1. The van der Waals surface area contributed by atoms with Gasteiger partial charge in [-0.25, -0.2) is 0 Å². The molecule has 1 heterocycles. The Balaban J connectivity index is 1.66. The van der Waals surface area contributed by atoms with E-state index < -0.39 is 18.4 Å². The Morgan fingerprint density at radius 3 is 2.02 bits per heavy atom. The fourth-order valence-electron chi connectivity index (χ4n) is 6.48. The van der Waals surface area contributed by atoms with Crippen LogP contribution in [0.25, 0.3) is 0 Å². The average Bonchev–Trinajstić information content (AvgIpc) is 2.87. The number of allylic oxidation sites excluding steroid dienone is 4. The van der Waals surface area contributed by atoms with Crippen molar-refractivity contribution in [3.05, 3.63) is 79.6 Å². The summed E-state index contributed by atoms with van der Waals surface area (Å²) in [6.45, 7) is 7.89. The van der Waals surface area contributed by atoms with Gasteiger partial charge in [0.2, 0.25) is 0 Å². The molecule has 7 nitrogen and oxygen atoms in total. The molecule has 0 radical (unpaired) electrons. The van der Waals surface area contributed by atoms with Crippen molar-refractivity contribution in [2.75, 3.05) is 13.7 Å². The molecule has 0 bridgehead atoms. The number of Topliss-reactive ketones (excluding diaryl/α,β-unsaturated/α-hetero) is 2. The average molecular weight is 656 g/mol. The van der Waals surface area contributed by atoms with Crippen LogP contribution in [0.1, 0.15) is 70.4 Å². The molecule has 2 aromatic rings. The Hall–Kier alpha value is -3.10. The summed E-state index contributed by atoms with van der Waals surface area (Å²) in [4.78, 5) is 41.5. The molecule has 9 heteroatoms. The number of carbonyl (C=O) groups is 3. The van der Waals surface area contributed by atoms with E-state index in [0.29, 0.717) is 74.8 Å². The van der Waals surface area contributed by atoms with Crippen LogP contribution in [0, 0.1) is 10.8 Å². The van der Waals surface area contributed by atoms with Crippen LogP contribution in [0.4, 0.5) is 0 Å². The SMILES string of the molecule is COc1cc(C2C3=C(CC(C)(C)CC3=O)N(CC(=O)[O-])C3=C2C(=O)CC(C)(C)C3)cc(Br)c1OCc1ccc(Cl)cc1. The summed E-state index contributed by atoms with van der Waals surface area (Å²) in [5.41, 5.74) is 3.17. The lowest BCUT2D eigenvalue weighted by molar-refractivity contribution is -0.305. The predicted molar refractivity (Wildman–Crippen MR) is 161 cm³/mol. The van der Waals surface area contributed by atoms with Gasteiger partial charge in [0.05, 0.1) is 24.1 Å². The molecule has 0 saturated heterocycles. The molecule has 0 saturated carbocycles. The lowest BCUT2D eigenvalue weighted by Gasteiger charge is -2.49. The van der Waals surface area contributed by atoms with Gasteiger partial charge in [0.1, 0.15) is 6.61 Å². The first-order valence-electron chi connectivity index (χ1n) is 13.9. The van der Waals surface area contributed by atoms with Gasteiger partial charge in [-0.15, -0.1) is 0 Å². The highest BCUT2D eigenvalue weighted by atomic mass is 79.9. The summed E-state index contributed by atoms with van der Waals surface area (Å²) in [6.07, 6.45) is 1.60. The summed E-state index contributed by atoms with van der Waals surface area (Å²) in [6, 6.07) is 11.0. The Morgan fingerprint density at radius 2 is 1.52 bits per heavy atom. The molecule has 0 atom stereocenters. The topological polar surface area (TPSA) is 96.0 Å². The minimum Gasteiger partial charge on any atom is -0.548 e. The number of carboxylic acid groups (broad SMARTS) is 1. The number of hydrogen-bond donors (Lipinski definition) is 0. The van der Waals surface area contributed by atoms with E-state index in [2.05, 4.69) is 15.9 Å². The number of carbonyl (C=O) groups excluding carboxylic acids is 3. The summed E-state index contributed by atoms with van der Waals surface area (Å²) < 4.78 is 12.5. The van der Waals surface area contributed by atoms with Crippen molar-refractivity contribution in [3.8, 4) is 11.5 Å². The van der Waals surface area contributed by atoms with E-state index in [9.17, 15) is 19.5 Å². The number of ketones is 2. The maximum Gasteiger partial charge on any atom is 0.175 e. The third-order valence-electron chi connectivity index (χ3n) is 8.19. The number of aliphatic carboxylic acids is 1. The van der Waals surface area contributed by atoms with Gasteiger partial charge in [0, 0.05) is 46.3 Å². The van der Waals surface area contributed by atoms with Gasteiger partial charge in [-0.05, 0) is 75.0 Å². The smallest absolute Gasteiger partial charge is 0.175 e. The summed E-state index contributed by atoms with van der Waals surface area (Å²) in [5.74, 6) is -1.15. The Morgan fingerprint density at radius 1 is 0.976 bits per heavy atom. The van der Waals surface area contributed by atoms with Gasteiger partial charge in [0.25, 0.3) is 0 Å². The zero-order chi connectivity index (χ0) is 30.6. The largest absolute Gasteiger partial charge is 0.548 e. The van der Waals surface area contributed by atoms with Crippen LogP contribution in [0.15, 0.2) is 63.4 Å². The molecule has 0 fully saturated rings. The van der Waals surface area contributed by atoms with Gasteiger partial charge < -0.3 is 24.3 Å². The Kier molecular flexibility index (Phi) is 8.09. The highest BCUT2D eigenvalue weighted by molar-refractivity contribution is 9.10. The fraction of sp³-hybridized carbons (Fsp3) is 0.424. The molecule has 0 N–H and O–H groups in total. The number of carboxylic acids is 1. The van der Waals surface area contributed by atoms with E-state index in [0.717, 1.165) is 5.56 Å². The third-order valence-corrected chi connectivity index (χ3v) is 9.03. The number of benzene rings is 2. The first-order chi connectivity index (χ1) is 19.7. The van der Waals surface area contributed by atoms with E-state index in [-0.39, 0.29) is 29.0 Å². The van der Waals surface area contributed by atoms with Crippen LogP contribution < -0.4 is 14.6 Å². The molecule has 1 aliphatic heterocycles. The second-order valence-corrected chi connectivity index (χ2v) is 14.2. The lowest BCUT2D eigenvalue weighted by Crippen LogP contribution is -2.47. The van der Waals surface area contributed by atoms with Crippen molar-refractivity contribution in [1.29, 1.82) is 0 Å². The normalized spacial score (nSPS) is 19.9. The van der Waals surface area contributed by atoms with E-state index in [1.165, 1.54) is 0 Å². The van der Waals surface area contributed by atoms with E-state index in [4.69, 9.17) is 21.1 Å². The van der Waals surface area contributed by atoms with Gasteiger partial charge in [-0.1, -0.05) is 51.4 Å². The van der Waals surface area contributed by atoms with Crippen molar-refractivity contribution in [3.63, 3.8) is 0 Å². The molecule has 42 heavy (non-hydrogen) atoms. The molecule has 2 aliphatic carbocycles. The molecule has 0 aromatic heterocycles. The standard InChI is InChI=1S/C33H35BrClNO6/c1-32(2)12-22-29(24(37)14-32)28(30-23(36(22)16-27(39)40)13-33(3,4)15-25(30)38)19-10-21(34)31(26(11-19)41-5)42-17-18-6-8-20(35)9-7-18/h6-11,28H,12-17H2,1-5H3,(H,39,40)/p-1. The number of halogens is 2. The van der Waals surface area contributed by atoms with Crippen molar-refractivity contribution in [1.82, 2.24) is 4.90 Å². The predicted octanol–water partition coefficient (Wildman–Crippen LogP) is 6.13. The van der Waals surface area contributed by atoms with Crippen LogP contribution in [-0.4, -0.2) is 36.1 Å². The molecular weight excluding hydrogens is 622 g/mol. The zero-order valence-electron chi connectivity index (χ0n) is 24.4. The monoisotopic (exact) mass is 654 g/mol. The molecule has 5 rings (SSSR count). The minimum absolute atomic E-state index is 0.0862. The fourth-order valence-corrected chi connectivity index (χ4v) is 7.18. The first-order valence-corrected chi connectivity index (χ1v) is 15.1. The number of ether oxygens (including phenoxy) is 2. The number of rotatable bonds is 7. The van der Waals surface area contributed by atoms with Crippen LogP contribution in [0.5, 0.6) is 11.5 Å². The molecule has 0 unspecified atom stereocenters. The van der Waals surface area contributed by atoms with Crippen LogP contribution in [-0.2, 0) is 21.0 Å². The molecular formula is C33H34BrClNO6-.